The second-order valence-electron chi connectivity index (χ2n) is 8.23. The van der Waals surface area contributed by atoms with Crippen LogP contribution in [0.4, 0.5) is 0 Å². The van der Waals surface area contributed by atoms with E-state index in [-0.39, 0.29) is 30.2 Å². The minimum atomic E-state index is -0.448. The summed E-state index contributed by atoms with van der Waals surface area (Å²) in [5.74, 6) is -0.462. The van der Waals surface area contributed by atoms with Gasteiger partial charge in [-0.25, -0.2) is 4.98 Å². The molecule has 34 heavy (non-hydrogen) atoms. The number of unbranched alkanes of at least 4 members (excludes halogenated alkanes) is 3. The largest absolute Gasteiger partial charge is 0.370 e. The molecule has 0 saturated carbocycles. The van der Waals surface area contributed by atoms with Crippen molar-refractivity contribution in [3.63, 3.8) is 0 Å². The van der Waals surface area contributed by atoms with Crippen LogP contribution >= 0.6 is 11.8 Å². The number of benzene rings is 2. The first-order chi connectivity index (χ1) is 16.5. The molecule has 0 fully saturated rings. The van der Waals surface area contributed by atoms with Crippen LogP contribution in [-0.2, 0) is 22.7 Å². The van der Waals surface area contributed by atoms with E-state index in [1.54, 1.807) is 15.5 Å². The number of nitrogens with two attached hydrogens (primary N) is 1. The zero-order valence-corrected chi connectivity index (χ0v) is 20.4. The van der Waals surface area contributed by atoms with Crippen molar-refractivity contribution in [2.24, 2.45) is 5.73 Å². The third-order valence-corrected chi connectivity index (χ3v) is 6.54. The maximum absolute atomic E-state index is 13.2. The Kier molecular flexibility index (Phi) is 9.70. The molecule has 3 aromatic rings. The maximum atomic E-state index is 13.2. The highest BCUT2D eigenvalue weighted by atomic mass is 32.2. The molecule has 2 amide bonds. The van der Waals surface area contributed by atoms with Crippen LogP contribution in [0, 0.1) is 0 Å². The first kappa shape index (κ1) is 25.5. The summed E-state index contributed by atoms with van der Waals surface area (Å²) in [6, 6.07) is 16.9. The Morgan fingerprint density at radius 3 is 2.50 bits per heavy atom. The lowest BCUT2D eigenvalue weighted by molar-refractivity contribution is -0.129. The zero-order valence-electron chi connectivity index (χ0n) is 19.6. The number of hydrogen-bond donors (Lipinski definition) is 1. The molecule has 0 spiro atoms. The highest BCUT2D eigenvalue weighted by Gasteiger charge is 2.18. The second-order valence-corrected chi connectivity index (χ2v) is 9.18. The number of fused-ring (bicyclic) bond motifs is 1. The normalized spacial score (nSPS) is 11.0. The highest BCUT2D eigenvalue weighted by Crippen LogP contribution is 2.20. The fourth-order valence-corrected chi connectivity index (χ4v) is 4.64. The Morgan fingerprint density at radius 2 is 1.76 bits per heavy atom. The lowest BCUT2D eigenvalue weighted by Crippen LogP contribution is -2.35. The Hall–Kier alpha value is -3.13. The molecule has 1 aromatic heterocycles. The number of rotatable bonds is 13. The molecule has 0 aliphatic carbocycles. The molecule has 0 bridgehead atoms. The molecule has 8 heteroatoms. The van der Waals surface area contributed by atoms with E-state index in [9.17, 15) is 14.4 Å². The lowest BCUT2D eigenvalue weighted by Gasteiger charge is -2.22. The Bertz CT molecular complexity index is 1160. The molecule has 0 unspecified atom stereocenters. The first-order valence-corrected chi connectivity index (χ1v) is 12.7. The number of hydrogen-bond acceptors (Lipinski definition) is 5. The molecule has 0 atom stereocenters. The monoisotopic (exact) mass is 480 g/mol. The van der Waals surface area contributed by atoms with Crippen LogP contribution in [-0.4, -0.2) is 38.6 Å². The van der Waals surface area contributed by atoms with Crippen LogP contribution in [0.3, 0.4) is 0 Å². The van der Waals surface area contributed by atoms with Crippen LogP contribution in [0.2, 0.25) is 0 Å². The number of carbonyl (C=O) groups is 2. The van der Waals surface area contributed by atoms with E-state index in [0.29, 0.717) is 29.1 Å². The van der Waals surface area contributed by atoms with Crippen LogP contribution < -0.4 is 11.3 Å². The summed E-state index contributed by atoms with van der Waals surface area (Å²) in [7, 11) is 0. The summed E-state index contributed by atoms with van der Waals surface area (Å²) in [4.78, 5) is 44.0. The van der Waals surface area contributed by atoms with E-state index in [1.165, 1.54) is 11.8 Å². The van der Waals surface area contributed by atoms with E-state index < -0.39 is 5.91 Å². The quantitative estimate of drug-likeness (QED) is 0.227. The lowest BCUT2D eigenvalue weighted by atomic mass is 10.2. The van der Waals surface area contributed by atoms with Crippen molar-refractivity contribution in [2.45, 2.75) is 57.3 Å². The van der Waals surface area contributed by atoms with Gasteiger partial charge < -0.3 is 10.6 Å². The molecule has 3 rings (SSSR count). The molecule has 2 N–H and O–H groups in total. The second kappa shape index (κ2) is 12.9. The van der Waals surface area contributed by atoms with Crippen molar-refractivity contribution >= 4 is 34.5 Å². The number of carbonyl (C=O) groups excluding carboxylic acids is 2. The van der Waals surface area contributed by atoms with Crippen LogP contribution in [0.1, 0.15) is 44.6 Å². The molecule has 2 aromatic carbocycles. The smallest absolute Gasteiger partial charge is 0.262 e. The van der Waals surface area contributed by atoms with E-state index in [2.05, 4.69) is 6.92 Å². The summed E-state index contributed by atoms with van der Waals surface area (Å²) in [5, 5.41) is 1.13. The van der Waals surface area contributed by atoms with Gasteiger partial charge in [0.05, 0.1) is 16.7 Å². The van der Waals surface area contributed by atoms with E-state index in [1.807, 2.05) is 48.5 Å². The van der Waals surface area contributed by atoms with Gasteiger partial charge in [0.1, 0.15) is 0 Å². The van der Waals surface area contributed by atoms with Gasteiger partial charge in [-0.05, 0) is 24.1 Å². The molecule has 1 heterocycles. The van der Waals surface area contributed by atoms with Crippen LogP contribution in [0.5, 0.6) is 0 Å². The van der Waals surface area contributed by atoms with Crippen molar-refractivity contribution in [1.82, 2.24) is 14.5 Å². The van der Waals surface area contributed by atoms with Gasteiger partial charge in [0.25, 0.3) is 5.56 Å². The Morgan fingerprint density at radius 1 is 1.03 bits per heavy atom. The Balaban J connectivity index is 1.79. The molecule has 7 nitrogen and oxygen atoms in total. The third kappa shape index (κ3) is 7.18. The number of primary amides is 1. The van der Waals surface area contributed by atoms with Gasteiger partial charge in [-0.1, -0.05) is 80.4 Å². The van der Waals surface area contributed by atoms with Gasteiger partial charge in [-0.15, -0.1) is 0 Å². The highest BCUT2D eigenvalue weighted by molar-refractivity contribution is 7.99. The standard InChI is InChI=1S/C26H32N4O3S/c1-2-3-4-10-16-30-25(33)21-13-8-9-14-22(21)28-26(30)34-19-24(32)29(17-15-23(27)31)18-20-11-6-5-7-12-20/h5-9,11-14H,2-4,10,15-19H2,1H3,(H2,27,31). The maximum Gasteiger partial charge on any atom is 0.262 e. The SMILES string of the molecule is CCCCCCn1c(SCC(=O)N(CCC(N)=O)Cc2ccccc2)nc2ccccc2c1=O. The van der Waals surface area contributed by atoms with E-state index in [0.717, 1.165) is 31.2 Å². The van der Waals surface area contributed by atoms with Crippen molar-refractivity contribution < 1.29 is 9.59 Å². The predicted molar refractivity (Wildman–Crippen MR) is 137 cm³/mol. The van der Waals surface area contributed by atoms with Crippen molar-refractivity contribution in [2.75, 3.05) is 12.3 Å². The van der Waals surface area contributed by atoms with Gasteiger partial charge >= 0.3 is 0 Å². The van der Waals surface area contributed by atoms with Gasteiger partial charge in [0.15, 0.2) is 5.16 Å². The number of nitrogens with zero attached hydrogens (tertiary/aromatic N) is 3. The van der Waals surface area contributed by atoms with E-state index in [4.69, 9.17) is 10.7 Å². The Labute approximate surface area is 204 Å². The first-order valence-electron chi connectivity index (χ1n) is 11.7. The van der Waals surface area contributed by atoms with Crippen LogP contribution in [0.25, 0.3) is 10.9 Å². The number of amides is 2. The molecule has 0 radical (unpaired) electrons. The third-order valence-electron chi connectivity index (χ3n) is 5.58. The average molecular weight is 481 g/mol. The fourth-order valence-electron chi connectivity index (χ4n) is 3.71. The number of thioether (sulfide) groups is 1. The molecular formula is C26H32N4O3S. The number of para-hydroxylation sites is 1. The fraction of sp³-hybridized carbons (Fsp3) is 0.385. The van der Waals surface area contributed by atoms with Gasteiger partial charge in [-0.2, -0.15) is 0 Å². The topological polar surface area (TPSA) is 98.3 Å². The molecular weight excluding hydrogens is 448 g/mol. The van der Waals surface area contributed by atoms with Crippen LogP contribution in [0.15, 0.2) is 64.5 Å². The van der Waals surface area contributed by atoms with Crippen molar-refractivity contribution in [3.05, 3.63) is 70.5 Å². The van der Waals surface area contributed by atoms with Gasteiger partial charge in [0, 0.05) is 26.1 Å². The molecule has 0 aliphatic rings. The summed E-state index contributed by atoms with van der Waals surface area (Å²) >= 11 is 1.27. The van der Waals surface area contributed by atoms with Crippen molar-refractivity contribution in [1.29, 1.82) is 0 Å². The summed E-state index contributed by atoms with van der Waals surface area (Å²) in [5.41, 5.74) is 6.85. The average Bonchev–Trinajstić information content (AvgIpc) is 2.84. The van der Waals surface area contributed by atoms with E-state index >= 15 is 0 Å². The predicted octanol–water partition coefficient (Wildman–Crippen LogP) is 3.97. The molecule has 0 aliphatic heterocycles. The minimum Gasteiger partial charge on any atom is -0.370 e. The van der Waals surface area contributed by atoms with Gasteiger partial charge in [0.2, 0.25) is 11.8 Å². The summed E-state index contributed by atoms with van der Waals surface area (Å²) < 4.78 is 1.70. The summed E-state index contributed by atoms with van der Waals surface area (Å²) in [6.45, 7) is 3.36. The van der Waals surface area contributed by atoms with Gasteiger partial charge in [-0.3, -0.25) is 19.0 Å². The van der Waals surface area contributed by atoms with Crippen molar-refractivity contribution in [3.8, 4) is 0 Å². The zero-order chi connectivity index (χ0) is 24.3. The minimum absolute atomic E-state index is 0.0769. The molecule has 0 saturated heterocycles. The summed E-state index contributed by atoms with van der Waals surface area (Å²) in [6.07, 6.45) is 4.25. The molecule has 180 valence electrons. The number of aromatic nitrogens is 2.